The number of aromatic nitrogens is 3. The highest BCUT2D eigenvalue weighted by Gasteiger charge is 2.37. The van der Waals surface area contributed by atoms with E-state index in [1.807, 2.05) is 54.4 Å². The van der Waals surface area contributed by atoms with Gasteiger partial charge in [0.05, 0.1) is 6.61 Å². The van der Waals surface area contributed by atoms with Crippen molar-refractivity contribution >= 4 is 34.9 Å². The van der Waals surface area contributed by atoms with Crippen molar-refractivity contribution in [2.75, 3.05) is 44.6 Å². The molecule has 2 aromatic heterocycles. The lowest BCUT2D eigenvalue weighted by Crippen LogP contribution is -2.59. The van der Waals surface area contributed by atoms with Gasteiger partial charge in [-0.2, -0.15) is 4.98 Å². The van der Waals surface area contributed by atoms with Crippen LogP contribution in [-0.2, 0) is 4.74 Å². The summed E-state index contributed by atoms with van der Waals surface area (Å²) < 4.78 is 6.89. The number of ether oxygens (including phenoxy) is 1. The normalized spacial score (nSPS) is 21.4. The molecular formula is C30H37N7O3. The zero-order valence-corrected chi connectivity index (χ0v) is 23.1. The predicted molar refractivity (Wildman–Crippen MR) is 154 cm³/mol. The zero-order chi connectivity index (χ0) is 27.5. The summed E-state index contributed by atoms with van der Waals surface area (Å²) >= 11 is 0. The van der Waals surface area contributed by atoms with Crippen molar-refractivity contribution in [3.8, 4) is 0 Å². The summed E-state index contributed by atoms with van der Waals surface area (Å²) in [7, 11) is 0. The topological polar surface area (TPSA) is 104 Å². The van der Waals surface area contributed by atoms with Gasteiger partial charge in [-0.25, -0.2) is 9.31 Å². The molecule has 3 aliphatic heterocycles. The van der Waals surface area contributed by atoms with Crippen LogP contribution in [0.25, 0.3) is 11.2 Å². The molecule has 10 nitrogen and oxygen atoms in total. The number of hydrogen-bond donors (Lipinski definition) is 2. The van der Waals surface area contributed by atoms with E-state index in [9.17, 15) is 9.59 Å². The summed E-state index contributed by atoms with van der Waals surface area (Å²) in [6, 6.07) is 11.6. The Morgan fingerprint density at radius 3 is 2.67 bits per heavy atom. The molecule has 2 saturated heterocycles. The summed E-state index contributed by atoms with van der Waals surface area (Å²) in [6.45, 7) is 5.94. The molecule has 2 N–H and O–H groups in total. The van der Waals surface area contributed by atoms with Gasteiger partial charge in [-0.1, -0.05) is 12.5 Å². The average Bonchev–Trinajstić information content (AvgIpc) is 3.40. The molecule has 1 unspecified atom stereocenters. The molecule has 1 spiro atoms. The Labute approximate surface area is 234 Å². The van der Waals surface area contributed by atoms with E-state index >= 15 is 0 Å². The standard InChI is InChI=1S/C30H37N7O3/c1-2-40-29(39)35-19-12-22(13-20-35)25-7-5-18-37-26(25)33-28(34-37)32-24-10-8-23(9-11-24)27(38)36-17-6-15-30(21-36)14-3-4-16-31-30/h5,7-12,18,31H,2-4,6,13-17,19-21H2,1H3,(H,32,34). The maximum atomic E-state index is 13.3. The SMILES string of the molecule is CCOC(=O)N1CC=C(c2cccn3nc(Nc4ccc(C(=O)N5CCCC6(CCCCN6)C5)cc4)nc23)CC1. The molecule has 0 bridgehead atoms. The summed E-state index contributed by atoms with van der Waals surface area (Å²) in [5.41, 5.74) is 4.50. The number of anilines is 2. The van der Waals surface area contributed by atoms with Gasteiger partial charge in [0, 0.05) is 54.7 Å². The fourth-order valence-corrected chi connectivity index (χ4v) is 6.20. The third kappa shape index (κ3) is 5.40. The maximum Gasteiger partial charge on any atom is 0.410 e. The first kappa shape index (κ1) is 26.3. The predicted octanol–water partition coefficient (Wildman–Crippen LogP) is 4.47. The summed E-state index contributed by atoms with van der Waals surface area (Å²) in [5, 5.41) is 11.6. The number of amides is 2. The van der Waals surface area contributed by atoms with Crippen molar-refractivity contribution in [2.45, 2.75) is 51.0 Å². The highest BCUT2D eigenvalue weighted by Crippen LogP contribution is 2.30. The van der Waals surface area contributed by atoms with E-state index in [1.165, 1.54) is 12.8 Å². The van der Waals surface area contributed by atoms with Crippen molar-refractivity contribution in [1.29, 1.82) is 0 Å². The lowest BCUT2D eigenvalue weighted by atomic mass is 9.81. The van der Waals surface area contributed by atoms with Gasteiger partial charge < -0.3 is 25.2 Å². The maximum absolute atomic E-state index is 13.3. The summed E-state index contributed by atoms with van der Waals surface area (Å²) in [6.07, 6.45) is 10.2. The molecule has 1 aromatic carbocycles. The van der Waals surface area contributed by atoms with Crippen LogP contribution in [0.5, 0.6) is 0 Å². The Morgan fingerprint density at radius 1 is 1.07 bits per heavy atom. The van der Waals surface area contributed by atoms with Crippen molar-refractivity contribution in [3.05, 3.63) is 59.8 Å². The Morgan fingerprint density at radius 2 is 1.93 bits per heavy atom. The number of nitrogens with zero attached hydrogens (tertiary/aromatic N) is 5. The van der Waals surface area contributed by atoms with E-state index in [0.717, 1.165) is 67.8 Å². The van der Waals surface area contributed by atoms with Crippen molar-refractivity contribution in [3.63, 3.8) is 0 Å². The monoisotopic (exact) mass is 543 g/mol. The number of carbonyl (C=O) groups excluding carboxylic acids is 2. The Bertz CT molecular complexity index is 1400. The highest BCUT2D eigenvalue weighted by molar-refractivity contribution is 5.94. The van der Waals surface area contributed by atoms with Gasteiger partial charge in [0.2, 0.25) is 5.95 Å². The van der Waals surface area contributed by atoms with Crippen molar-refractivity contribution < 1.29 is 14.3 Å². The van der Waals surface area contributed by atoms with Crippen LogP contribution in [-0.4, -0.2) is 81.3 Å². The minimum Gasteiger partial charge on any atom is -0.450 e. The first-order valence-corrected chi connectivity index (χ1v) is 14.4. The molecule has 0 radical (unpaired) electrons. The van der Waals surface area contributed by atoms with Crippen LogP contribution >= 0.6 is 0 Å². The molecule has 5 heterocycles. The fourth-order valence-electron chi connectivity index (χ4n) is 6.20. The van der Waals surface area contributed by atoms with Gasteiger partial charge in [0.25, 0.3) is 5.91 Å². The minimum atomic E-state index is -0.279. The fraction of sp³-hybridized carbons (Fsp3) is 0.467. The number of rotatable bonds is 5. The molecule has 2 fully saturated rings. The lowest BCUT2D eigenvalue weighted by Gasteiger charge is -2.46. The smallest absolute Gasteiger partial charge is 0.410 e. The zero-order valence-electron chi connectivity index (χ0n) is 23.1. The van der Waals surface area contributed by atoms with Gasteiger partial charge in [0.15, 0.2) is 5.65 Å². The van der Waals surface area contributed by atoms with Gasteiger partial charge in [-0.3, -0.25) is 4.79 Å². The molecular weight excluding hydrogens is 506 g/mol. The van der Waals surface area contributed by atoms with Crippen LogP contribution in [0.15, 0.2) is 48.7 Å². The molecule has 40 heavy (non-hydrogen) atoms. The van der Waals surface area contributed by atoms with E-state index in [0.29, 0.717) is 31.2 Å². The van der Waals surface area contributed by atoms with Gasteiger partial charge in [-0.15, -0.1) is 5.10 Å². The van der Waals surface area contributed by atoms with Crippen molar-refractivity contribution in [1.82, 2.24) is 29.7 Å². The van der Waals surface area contributed by atoms with E-state index in [1.54, 1.807) is 9.42 Å². The van der Waals surface area contributed by atoms with Crippen LogP contribution in [0.4, 0.5) is 16.4 Å². The summed E-state index contributed by atoms with van der Waals surface area (Å²) in [4.78, 5) is 33.8. The van der Waals surface area contributed by atoms with Crippen LogP contribution < -0.4 is 10.6 Å². The first-order chi connectivity index (χ1) is 19.5. The number of carbonyl (C=O) groups is 2. The van der Waals surface area contributed by atoms with Crippen LogP contribution in [0.2, 0.25) is 0 Å². The van der Waals surface area contributed by atoms with Crippen LogP contribution in [0.3, 0.4) is 0 Å². The molecule has 3 aliphatic rings. The largest absolute Gasteiger partial charge is 0.450 e. The number of fused-ring (bicyclic) bond motifs is 1. The van der Waals surface area contributed by atoms with E-state index in [-0.39, 0.29) is 17.5 Å². The molecule has 1 atom stereocenters. The third-order valence-corrected chi connectivity index (χ3v) is 8.28. The molecule has 6 rings (SSSR count). The van der Waals surface area contributed by atoms with E-state index < -0.39 is 0 Å². The summed E-state index contributed by atoms with van der Waals surface area (Å²) in [5.74, 6) is 0.577. The minimum absolute atomic E-state index is 0.0925. The molecule has 10 heteroatoms. The number of piperidine rings is 2. The second-order valence-corrected chi connectivity index (χ2v) is 10.9. The van der Waals surface area contributed by atoms with E-state index in [2.05, 4.69) is 21.8 Å². The Hall–Kier alpha value is -3.92. The highest BCUT2D eigenvalue weighted by atomic mass is 16.6. The second-order valence-electron chi connectivity index (χ2n) is 10.9. The molecule has 2 amide bonds. The van der Waals surface area contributed by atoms with Crippen molar-refractivity contribution in [2.24, 2.45) is 0 Å². The number of benzene rings is 1. The van der Waals surface area contributed by atoms with E-state index in [4.69, 9.17) is 9.72 Å². The molecule has 3 aromatic rings. The average molecular weight is 544 g/mol. The van der Waals surface area contributed by atoms with Gasteiger partial charge in [0.1, 0.15) is 0 Å². The van der Waals surface area contributed by atoms with Crippen LogP contribution in [0.1, 0.15) is 61.4 Å². The number of pyridine rings is 1. The second kappa shape index (κ2) is 11.3. The lowest BCUT2D eigenvalue weighted by molar-refractivity contribution is 0.0555. The van der Waals surface area contributed by atoms with Gasteiger partial charge >= 0.3 is 6.09 Å². The quantitative estimate of drug-likeness (QED) is 0.489. The first-order valence-electron chi connectivity index (χ1n) is 14.4. The molecule has 0 aliphatic carbocycles. The number of hydrogen-bond acceptors (Lipinski definition) is 7. The Balaban J connectivity index is 1.13. The molecule has 0 saturated carbocycles. The number of likely N-dealkylation sites (tertiary alicyclic amines) is 1. The Kier molecular flexibility index (Phi) is 7.42. The third-order valence-electron chi connectivity index (χ3n) is 8.28. The van der Waals surface area contributed by atoms with Gasteiger partial charge in [-0.05, 0) is 87.5 Å². The molecule has 210 valence electrons. The van der Waals surface area contributed by atoms with Crippen LogP contribution in [0, 0.1) is 0 Å². The number of nitrogens with one attached hydrogen (secondary N) is 2.